The van der Waals surface area contributed by atoms with E-state index < -0.39 is 0 Å². The number of anilines is 3. The van der Waals surface area contributed by atoms with Gasteiger partial charge in [0.05, 0.1) is 22.1 Å². The van der Waals surface area contributed by atoms with E-state index >= 15 is 0 Å². The summed E-state index contributed by atoms with van der Waals surface area (Å²) in [6.45, 7) is 16.3. The van der Waals surface area contributed by atoms with Crippen LogP contribution >= 0.6 is 0 Å². The highest BCUT2D eigenvalue weighted by Crippen LogP contribution is 2.45. The van der Waals surface area contributed by atoms with Crippen LogP contribution in [0.25, 0.3) is 55.6 Å². The maximum atomic E-state index is 5.89. The lowest BCUT2D eigenvalue weighted by Gasteiger charge is -2.41. The lowest BCUT2D eigenvalue weighted by molar-refractivity contribution is 0.590. The first-order valence-electron chi connectivity index (χ1n) is 22.9. The molecule has 0 bridgehead atoms. The zero-order valence-electron chi connectivity index (χ0n) is 37.1. The predicted molar refractivity (Wildman–Crippen MR) is 264 cm³/mol. The van der Waals surface area contributed by atoms with Gasteiger partial charge < -0.3 is 9.47 Å². The van der Waals surface area contributed by atoms with Crippen molar-refractivity contribution in [2.45, 2.75) is 91.4 Å². The minimum Gasteiger partial charge on any atom is -0.311 e. The highest BCUT2D eigenvalue weighted by atomic mass is 15.2. The lowest BCUT2D eigenvalue weighted by Crippen LogP contribution is -2.60. The number of aromatic nitrogens is 3. The van der Waals surface area contributed by atoms with Crippen molar-refractivity contribution in [2.75, 3.05) is 4.90 Å². The van der Waals surface area contributed by atoms with Crippen molar-refractivity contribution < 1.29 is 0 Å². The van der Waals surface area contributed by atoms with Gasteiger partial charge in [-0.25, -0.2) is 4.98 Å². The molecule has 304 valence electrons. The Morgan fingerprint density at radius 2 is 1.21 bits per heavy atom. The minimum absolute atomic E-state index is 0.0465. The molecule has 0 atom stereocenters. The smallest absolute Gasteiger partial charge is 0.252 e. The molecule has 0 N–H and O–H groups in total. The molecule has 9 aromatic rings. The van der Waals surface area contributed by atoms with E-state index in [2.05, 4.69) is 196 Å². The van der Waals surface area contributed by atoms with Gasteiger partial charge in [0.2, 0.25) is 0 Å². The first kappa shape index (κ1) is 37.4. The maximum absolute atomic E-state index is 5.89. The van der Waals surface area contributed by atoms with Crippen LogP contribution in [0.15, 0.2) is 133 Å². The topological polar surface area (TPSA) is 26.0 Å². The number of hydrogen-bond donors (Lipinski definition) is 0. The number of imidazole rings is 1. The Morgan fingerprint density at radius 1 is 0.581 bits per heavy atom. The molecule has 3 aliphatic rings. The third-order valence-electron chi connectivity index (χ3n) is 14.4. The van der Waals surface area contributed by atoms with Gasteiger partial charge in [-0.05, 0) is 136 Å². The molecule has 4 heterocycles. The second-order valence-corrected chi connectivity index (χ2v) is 19.8. The summed E-state index contributed by atoms with van der Waals surface area (Å²) in [6.07, 6.45) is 4.63. The Kier molecular flexibility index (Phi) is 8.20. The van der Waals surface area contributed by atoms with Crippen molar-refractivity contribution in [1.29, 1.82) is 0 Å². The summed E-state index contributed by atoms with van der Waals surface area (Å²) in [6, 6.07) is 51.0. The molecule has 4 nitrogen and oxygen atoms in total. The molecule has 2 aliphatic heterocycles. The Balaban J connectivity index is 1.19. The molecule has 1 aliphatic carbocycles. The van der Waals surface area contributed by atoms with E-state index in [0.29, 0.717) is 11.8 Å². The Labute approximate surface area is 365 Å². The van der Waals surface area contributed by atoms with Gasteiger partial charge >= 0.3 is 0 Å². The SMILES string of the molecule is CC(C)c1cccc(C(C)C)c1-c1nc2c3c(cc4c2n1-c1cccc2c1B4c1ccc(-n4c5ccccc5c5ccccc54)cc1N2c1ccc(C(C)(C)C)cc1)CCCC3. The summed E-state index contributed by atoms with van der Waals surface area (Å²) in [4.78, 5) is 8.45. The van der Waals surface area contributed by atoms with Gasteiger partial charge in [0.1, 0.15) is 5.82 Å². The van der Waals surface area contributed by atoms with Crippen LogP contribution < -0.4 is 21.3 Å². The van der Waals surface area contributed by atoms with Crippen LogP contribution in [0.1, 0.15) is 101 Å². The number of para-hydroxylation sites is 2. The number of rotatable bonds is 5. The van der Waals surface area contributed by atoms with Crippen molar-refractivity contribution in [3.63, 3.8) is 0 Å². The summed E-state index contributed by atoms with van der Waals surface area (Å²) in [5, 5.41) is 2.55. The normalized spacial score (nSPS) is 14.3. The summed E-state index contributed by atoms with van der Waals surface area (Å²) < 4.78 is 5.07. The molecule has 62 heavy (non-hydrogen) atoms. The van der Waals surface area contributed by atoms with E-state index in [1.807, 2.05) is 0 Å². The third kappa shape index (κ3) is 5.30. The lowest BCUT2D eigenvalue weighted by atomic mass is 9.33. The minimum atomic E-state index is 0.0465. The maximum Gasteiger partial charge on any atom is 0.252 e. The molecule has 0 saturated carbocycles. The molecule has 0 radical (unpaired) electrons. The van der Waals surface area contributed by atoms with Gasteiger partial charge in [-0.1, -0.05) is 133 Å². The molecule has 0 unspecified atom stereocenters. The zero-order chi connectivity index (χ0) is 42.2. The number of benzene rings is 7. The van der Waals surface area contributed by atoms with E-state index in [4.69, 9.17) is 4.98 Å². The number of hydrogen-bond acceptors (Lipinski definition) is 2. The van der Waals surface area contributed by atoms with Crippen molar-refractivity contribution >= 4 is 73.0 Å². The molecule has 0 saturated heterocycles. The summed E-state index contributed by atoms with van der Waals surface area (Å²) in [7, 11) is 0. The van der Waals surface area contributed by atoms with Crippen LogP contribution in [0.2, 0.25) is 0 Å². The Morgan fingerprint density at radius 3 is 1.89 bits per heavy atom. The van der Waals surface area contributed by atoms with Crippen molar-refractivity contribution in [2.24, 2.45) is 0 Å². The molecular formula is C57H53BN4. The van der Waals surface area contributed by atoms with Gasteiger partial charge in [-0.2, -0.15) is 0 Å². The van der Waals surface area contributed by atoms with Crippen LogP contribution in [0.4, 0.5) is 17.1 Å². The fourth-order valence-electron chi connectivity index (χ4n) is 11.5. The average Bonchev–Trinajstić information content (AvgIpc) is 3.84. The number of aryl methyl sites for hydroxylation is 2. The molecule has 0 spiro atoms. The summed E-state index contributed by atoms with van der Waals surface area (Å²) in [5.41, 5.74) is 23.5. The summed E-state index contributed by atoms with van der Waals surface area (Å²) >= 11 is 0. The van der Waals surface area contributed by atoms with E-state index in [-0.39, 0.29) is 12.1 Å². The van der Waals surface area contributed by atoms with Gasteiger partial charge in [0.25, 0.3) is 6.71 Å². The Bertz CT molecular complexity index is 3220. The predicted octanol–water partition coefficient (Wildman–Crippen LogP) is 12.8. The quantitative estimate of drug-likeness (QED) is 0.162. The number of nitrogens with zero attached hydrogens (tertiary/aromatic N) is 4. The van der Waals surface area contributed by atoms with Gasteiger partial charge in [-0.3, -0.25) is 4.57 Å². The largest absolute Gasteiger partial charge is 0.311 e. The molecule has 0 fully saturated rings. The molecule has 0 amide bonds. The van der Waals surface area contributed by atoms with Crippen LogP contribution in [0.5, 0.6) is 0 Å². The molecule has 5 heteroatoms. The van der Waals surface area contributed by atoms with Crippen molar-refractivity contribution in [3.8, 4) is 22.8 Å². The average molecular weight is 805 g/mol. The standard InChI is InChI=1S/C57H53BN4/c1-34(2)40-20-14-21-41(35(3)4)52(40)56-59-54-42-17-9-8-16-36(42)32-46-55(54)62(56)50-25-15-24-49-53(50)58(46)45-31-30-39(33-51(45)60(49)38-28-26-37(27-29-38)57(5,6)7)61-47-22-12-10-18-43(47)44-19-11-13-23-48(44)61/h10-15,18-35H,8-9,16-17H2,1-7H3. The van der Waals surface area contributed by atoms with Crippen molar-refractivity contribution in [1.82, 2.24) is 14.1 Å². The molecular weight excluding hydrogens is 751 g/mol. The highest BCUT2D eigenvalue weighted by Gasteiger charge is 2.44. The first-order chi connectivity index (χ1) is 30.1. The monoisotopic (exact) mass is 804 g/mol. The van der Waals surface area contributed by atoms with Crippen LogP contribution in [0.3, 0.4) is 0 Å². The fourth-order valence-corrected chi connectivity index (χ4v) is 11.5. The van der Waals surface area contributed by atoms with Crippen molar-refractivity contribution in [3.05, 3.63) is 161 Å². The summed E-state index contributed by atoms with van der Waals surface area (Å²) in [5.74, 6) is 1.80. The third-order valence-corrected chi connectivity index (χ3v) is 14.4. The second kappa shape index (κ2) is 13.6. The van der Waals surface area contributed by atoms with Crippen LogP contribution in [-0.4, -0.2) is 20.8 Å². The van der Waals surface area contributed by atoms with Crippen LogP contribution in [-0.2, 0) is 18.3 Å². The van der Waals surface area contributed by atoms with E-state index in [9.17, 15) is 0 Å². The zero-order valence-corrected chi connectivity index (χ0v) is 37.1. The van der Waals surface area contributed by atoms with E-state index in [0.717, 1.165) is 18.7 Å². The Hall–Kier alpha value is -6.33. The van der Waals surface area contributed by atoms with Gasteiger partial charge in [0, 0.05) is 44.8 Å². The molecule has 12 rings (SSSR count). The van der Waals surface area contributed by atoms with Gasteiger partial charge in [-0.15, -0.1) is 0 Å². The van der Waals surface area contributed by atoms with Gasteiger partial charge in [0.15, 0.2) is 0 Å². The van der Waals surface area contributed by atoms with E-state index in [1.54, 1.807) is 0 Å². The highest BCUT2D eigenvalue weighted by molar-refractivity contribution is 7.00. The second-order valence-electron chi connectivity index (χ2n) is 19.8. The number of fused-ring (bicyclic) bond motifs is 9. The van der Waals surface area contributed by atoms with Crippen LogP contribution in [0, 0.1) is 0 Å². The molecule has 2 aromatic heterocycles. The van der Waals surface area contributed by atoms with E-state index in [1.165, 1.54) is 124 Å². The molecule has 7 aromatic carbocycles. The fraction of sp³-hybridized carbons (Fsp3) is 0.246. The first-order valence-corrected chi connectivity index (χ1v) is 22.9.